The zero-order chi connectivity index (χ0) is 16.0. The lowest BCUT2D eigenvalue weighted by Crippen LogP contribution is -2.53. The molecule has 0 N–H and O–H groups in total. The summed E-state index contributed by atoms with van der Waals surface area (Å²) in [6, 6.07) is 15.2. The summed E-state index contributed by atoms with van der Waals surface area (Å²) < 4.78 is 27.4. The summed E-state index contributed by atoms with van der Waals surface area (Å²) in [5.41, 5.74) is 2.54. The SMILES string of the molecule is O=S(=O)(c1ccccc1Cl)N1CCN2c3ccccc3CC2C1. The van der Waals surface area contributed by atoms with Crippen LogP contribution in [0.3, 0.4) is 0 Å². The lowest BCUT2D eigenvalue weighted by molar-refractivity contribution is 0.340. The first-order chi connectivity index (χ1) is 11.1. The van der Waals surface area contributed by atoms with Gasteiger partial charge in [0.2, 0.25) is 10.0 Å². The zero-order valence-electron chi connectivity index (χ0n) is 12.5. The maximum atomic E-state index is 12.9. The zero-order valence-corrected chi connectivity index (χ0v) is 14.1. The van der Waals surface area contributed by atoms with Crippen LogP contribution in [0.4, 0.5) is 5.69 Å². The highest BCUT2D eigenvalue weighted by atomic mass is 35.5. The molecule has 2 heterocycles. The maximum absolute atomic E-state index is 12.9. The first kappa shape index (κ1) is 15.0. The summed E-state index contributed by atoms with van der Waals surface area (Å²) in [5.74, 6) is 0. The molecule has 2 aromatic rings. The Balaban J connectivity index is 1.62. The number of fused-ring (bicyclic) bond motifs is 3. The first-order valence-corrected chi connectivity index (χ1v) is 9.48. The predicted octanol–water partition coefficient (Wildman–Crippen LogP) is 2.78. The molecule has 0 radical (unpaired) electrons. The third-order valence-corrected chi connectivity index (χ3v) is 7.02. The van der Waals surface area contributed by atoms with Crippen molar-refractivity contribution in [1.82, 2.24) is 4.31 Å². The highest BCUT2D eigenvalue weighted by molar-refractivity contribution is 7.89. The Morgan fingerprint density at radius 1 is 1.00 bits per heavy atom. The molecule has 0 aliphatic carbocycles. The number of hydrogen-bond acceptors (Lipinski definition) is 3. The molecule has 2 aliphatic heterocycles. The van der Waals surface area contributed by atoms with Crippen molar-refractivity contribution in [2.24, 2.45) is 0 Å². The van der Waals surface area contributed by atoms with Crippen molar-refractivity contribution >= 4 is 27.3 Å². The number of hydrogen-bond donors (Lipinski definition) is 0. The molecule has 6 heteroatoms. The Bertz CT molecular complexity index is 853. The minimum absolute atomic E-state index is 0.200. The van der Waals surface area contributed by atoms with Crippen molar-refractivity contribution in [1.29, 1.82) is 0 Å². The largest absolute Gasteiger partial charge is 0.365 e. The van der Waals surface area contributed by atoms with Crippen LogP contribution >= 0.6 is 11.6 Å². The third kappa shape index (κ3) is 2.43. The lowest BCUT2D eigenvalue weighted by Gasteiger charge is -2.38. The molecular formula is C17H17ClN2O2S. The fourth-order valence-electron chi connectivity index (χ4n) is 3.55. The summed E-state index contributed by atoms with van der Waals surface area (Å²) in [4.78, 5) is 2.53. The number of rotatable bonds is 2. The topological polar surface area (TPSA) is 40.6 Å². The van der Waals surface area contributed by atoms with E-state index in [2.05, 4.69) is 17.0 Å². The second-order valence-corrected chi connectivity index (χ2v) is 8.29. The average molecular weight is 349 g/mol. The molecule has 120 valence electrons. The number of piperazine rings is 1. The van der Waals surface area contributed by atoms with Crippen molar-refractivity contribution in [3.05, 3.63) is 59.1 Å². The molecule has 2 aromatic carbocycles. The fraction of sp³-hybridized carbons (Fsp3) is 0.294. The smallest absolute Gasteiger partial charge is 0.244 e. The van der Waals surface area contributed by atoms with E-state index < -0.39 is 10.0 Å². The summed E-state index contributed by atoms with van der Waals surface area (Å²) in [5, 5.41) is 0.282. The Morgan fingerprint density at radius 3 is 2.57 bits per heavy atom. The van der Waals surface area contributed by atoms with Crippen LogP contribution in [-0.2, 0) is 16.4 Å². The first-order valence-electron chi connectivity index (χ1n) is 7.66. The lowest BCUT2D eigenvalue weighted by atomic mass is 10.1. The van der Waals surface area contributed by atoms with Crippen LogP contribution in [0.25, 0.3) is 0 Å². The highest BCUT2D eigenvalue weighted by Crippen LogP contribution is 2.35. The van der Waals surface area contributed by atoms with Crippen molar-refractivity contribution < 1.29 is 8.42 Å². The Hall–Kier alpha value is -1.56. The van der Waals surface area contributed by atoms with E-state index in [0.717, 1.165) is 6.42 Å². The minimum atomic E-state index is -3.54. The molecule has 4 nitrogen and oxygen atoms in total. The highest BCUT2D eigenvalue weighted by Gasteiger charge is 2.38. The Kier molecular flexibility index (Phi) is 3.59. The van der Waals surface area contributed by atoms with Crippen LogP contribution in [0, 0.1) is 0 Å². The molecule has 0 bridgehead atoms. The quantitative estimate of drug-likeness (QED) is 0.838. The van der Waals surface area contributed by atoms with E-state index in [1.165, 1.54) is 11.3 Å². The van der Waals surface area contributed by atoms with Gasteiger partial charge in [-0.15, -0.1) is 0 Å². The Morgan fingerprint density at radius 2 is 1.74 bits per heavy atom. The number of anilines is 1. The van der Waals surface area contributed by atoms with Gasteiger partial charge >= 0.3 is 0 Å². The standard InChI is InChI=1S/C17H17ClN2O2S/c18-15-6-2-4-8-17(15)23(21,22)19-9-10-20-14(12-19)11-13-5-1-3-7-16(13)20/h1-8,14H,9-12H2. The van der Waals surface area contributed by atoms with E-state index in [9.17, 15) is 8.42 Å². The van der Waals surface area contributed by atoms with Gasteiger partial charge in [-0.05, 0) is 30.2 Å². The fourth-order valence-corrected chi connectivity index (χ4v) is 5.51. The second kappa shape index (κ2) is 5.51. The van der Waals surface area contributed by atoms with Gasteiger partial charge in [0.25, 0.3) is 0 Å². The molecule has 23 heavy (non-hydrogen) atoms. The summed E-state index contributed by atoms with van der Waals surface area (Å²) in [7, 11) is -3.54. The van der Waals surface area contributed by atoms with Gasteiger partial charge in [-0.1, -0.05) is 41.9 Å². The van der Waals surface area contributed by atoms with Crippen LogP contribution in [0.2, 0.25) is 5.02 Å². The predicted molar refractivity (Wildman–Crippen MR) is 91.5 cm³/mol. The van der Waals surface area contributed by atoms with Crippen LogP contribution in [0.1, 0.15) is 5.56 Å². The van der Waals surface area contributed by atoms with Crippen molar-refractivity contribution in [2.45, 2.75) is 17.4 Å². The van der Waals surface area contributed by atoms with E-state index in [1.54, 1.807) is 28.6 Å². The molecule has 0 spiro atoms. The normalized spacial score (nSPS) is 21.1. The number of benzene rings is 2. The van der Waals surface area contributed by atoms with Crippen LogP contribution in [0.5, 0.6) is 0 Å². The summed E-state index contributed by atoms with van der Waals surface area (Å²) in [6.45, 7) is 1.70. The van der Waals surface area contributed by atoms with Gasteiger partial charge in [0.15, 0.2) is 0 Å². The molecule has 1 fully saturated rings. The van der Waals surface area contributed by atoms with Gasteiger partial charge in [-0.3, -0.25) is 0 Å². The van der Waals surface area contributed by atoms with Crippen LogP contribution in [0.15, 0.2) is 53.4 Å². The summed E-state index contributed by atoms with van der Waals surface area (Å²) >= 11 is 6.10. The molecule has 4 rings (SSSR count). The van der Waals surface area contributed by atoms with Crippen LogP contribution in [-0.4, -0.2) is 38.4 Å². The summed E-state index contributed by atoms with van der Waals surface area (Å²) in [6.07, 6.45) is 0.894. The number of halogens is 1. The van der Waals surface area contributed by atoms with Crippen LogP contribution < -0.4 is 4.90 Å². The van der Waals surface area contributed by atoms with Gasteiger partial charge < -0.3 is 4.90 Å². The van der Waals surface area contributed by atoms with E-state index in [-0.39, 0.29) is 16.0 Å². The molecule has 0 amide bonds. The molecule has 0 saturated carbocycles. The monoisotopic (exact) mass is 348 g/mol. The van der Waals surface area contributed by atoms with Crippen molar-refractivity contribution in [3.8, 4) is 0 Å². The van der Waals surface area contributed by atoms with Gasteiger partial charge in [-0.2, -0.15) is 4.31 Å². The number of para-hydroxylation sites is 1. The molecule has 1 atom stereocenters. The van der Waals surface area contributed by atoms with Gasteiger partial charge in [0.05, 0.1) is 5.02 Å². The molecule has 0 aromatic heterocycles. The number of nitrogens with zero attached hydrogens (tertiary/aromatic N) is 2. The van der Waals surface area contributed by atoms with Crippen molar-refractivity contribution in [2.75, 3.05) is 24.5 Å². The van der Waals surface area contributed by atoms with Gasteiger partial charge in [0.1, 0.15) is 4.90 Å². The van der Waals surface area contributed by atoms with Crippen molar-refractivity contribution in [3.63, 3.8) is 0 Å². The maximum Gasteiger partial charge on any atom is 0.244 e. The van der Waals surface area contributed by atoms with E-state index in [0.29, 0.717) is 19.6 Å². The molecule has 2 aliphatic rings. The molecule has 1 saturated heterocycles. The van der Waals surface area contributed by atoms with Gasteiger partial charge in [-0.25, -0.2) is 8.42 Å². The Labute approximate surface area is 141 Å². The minimum Gasteiger partial charge on any atom is -0.365 e. The van der Waals surface area contributed by atoms with E-state index >= 15 is 0 Å². The number of sulfonamides is 1. The van der Waals surface area contributed by atoms with E-state index in [1.807, 2.05) is 12.1 Å². The molecule has 1 unspecified atom stereocenters. The van der Waals surface area contributed by atoms with E-state index in [4.69, 9.17) is 11.6 Å². The molecular weight excluding hydrogens is 332 g/mol. The average Bonchev–Trinajstić information content (AvgIpc) is 2.92. The second-order valence-electron chi connectivity index (χ2n) is 5.97. The van der Waals surface area contributed by atoms with Gasteiger partial charge in [0, 0.05) is 31.4 Å². The third-order valence-electron chi connectivity index (χ3n) is 4.66.